The fourth-order valence-electron chi connectivity index (χ4n) is 3.07. The molecular weight excluding hydrogens is 364 g/mol. The maximum atomic E-state index is 13.0. The normalized spacial score (nSPS) is 12.2. The Hall–Kier alpha value is -3.06. The summed E-state index contributed by atoms with van der Waals surface area (Å²) < 4.78 is 12.6. The molecule has 27 heavy (non-hydrogen) atoms. The third kappa shape index (κ3) is 2.71. The van der Waals surface area contributed by atoms with E-state index in [1.165, 1.54) is 25.6 Å². The van der Waals surface area contributed by atoms with Crippen LogP contribution in [0.15, 0.2) is 29.1 Å². The first-order chi connectivity index (χ1) is 12.9. The molecular formula is C20H18N2O4S. The van der Waals surface area contributed by atoms with Crippen molar-refractivity contribution in [2.24, 2.45) is 0 Å². The number of rotatable bonds is 3. The van der Waals surface area contributed by atoms with Crippen LogP contribution in [0.2, 0.25) is 0 Å². The molecule has 0 aliphatic rings. The molecule has 7 heteroatoms. The Labute approximate surface area is 158 Å². The van der Waals surface area contributed by atoms with Crippen LogP contribution in [0.25, 0.3) is 22.1 Å². The summed E-state index contributed by atoms with van der Waals surface area (Å²) in [6.07, 6.45) is 1.75. The highest BCUT2D eigenvalue weighted by Crippen LogP contribution is 2.37. The van der Waals surface area contributed by atoms with Crippen molar-refractivity contribution in [3.8, 4) is 17.2 Å². The van der Waals surface area contributed by atoms with E-state index in [-0.39, 0.29) is 22.8 Å². The molecule has 2 aromatic carbocycles. The number of hydrogen-bond acceptors (Lipinski definition) is 6. The van der Waals surface area contributed by atoms with Gasteiger partial charge in [0.1, 0.15) is 0 Å². The van der Waals surface area contributed by atoms with Crippen LogP contribution in [0, 0.1) is 13.8 Å². The summed E-state index contributed by atoms with van der Waals surface area (Å²) >= 11 is 1.33. The van der Waals surface area contributed by atoms with Crippen molar-refractivity contribution in [3.05, 3.63) is 55.8 Å². The number of methoxy groups -OCH3 is 2. The monoisotopic (exact) mass is 382 g/mol. The Balaban J connectivity index is 1.96. The number of nitrogens with zero attached hydrogens (tertiary/aromatic N) is 2. The van der Waals surface area contributed by atoms with E-state index in [0.717, 1.165) is 22.2 Å². The highest BCUT2D eigenvalue weighted by atomic mass is 32.1. The average molecular weight is 382 g/mol. The number of phenolic OH excluding ortho intramolecular Hbond substituents is 1. The molecule has 0 radical (unpaired) electrons. The highest BCUT2D eigenvalue weighted by molar-refractivity contribution is 7.15. The van der Waals surface area contributed by atoms with Crippen molar-refractivity contribution >= 4 is 33.4 Å². The number of fused-ring (bicyclic) bond motifs is 3. The Morgan fingerprint density at radius 3 is 2.33 bits per heavy atom. The maximum absolute atomic E-state index is 13.0. The molecule has 0 spiro atoms. The quantitative estimate of drug-likeness (QED) is 0.590. The van der Waals surface area contributed by atoms with Crippen LogP contribution in [0.5, 0.6) is 17.2 Å². The Bertz CT molecular complexity index is 1280. The van der Waals surface area contributed by atoms with Gasteiger partial charge < -0.3 is 14.6 Å². The lowest BCUT2D eigenvalue weighted by molar-refractivity contribution is 0.340. The van der Waals surface area contributed by atoms with Crippen molar-refractivity contribution in [2.45, 2.75) is 13.8 Å². The molecule has 0 aliphatic carbocycles. The largest absolute Gasteiger partial charge is 0.502 e. The number of hydrogen-bond donors (Lipinski definition) is 1. The van der Waals surface area contributed by atoms with Crippen LogP contribution in [0.3, 0.4) is 0 Å². The van der Waals surface area contributed by atoms with Gasteiger partial charge in [0.25, 0.3) is 5.56 Å². The first kappa shape index (κ1) is 17.4. The summed E-state index contributed by atoms with van der Waals surface area (Å²) in [5.74, 6) is 0.495. The predicted octanol–water partition coefficient (Wildman–Crippen LogP) is 2.80. The Morgan fingerprint density at radius 2 is 1.70 bits per heavy atom. The van der Waals surface area contributed by atoms with Crippen LogP contribution in [-0.2, 0) is 0 Å². The van der Waals surface area contributed by atoms with Gasteiger partial charge in [-0.1, -0.05) is 11.3 Å². The summed E-state index contributed by atoms with van der Waals surface area (Å²) in [6.45, 7) is 4.05. The zero-order valence-electron chi connectivity index (χ0n) is 15.4. The van der Waals surface area contributed by atoms with Crippen LogP contribution in [0.1, 0.15) is 16.7 Å². The van der Waals surface area contributed by atoms with E-state index in [0.29, 0.717) is 15.1 Å². The molecule has 0 saturated heterocycles. The fourth-order valence-corrected chi connectivity index (χ4v) is 4.05. The summed E-state index contributed by atoms with van der Waals surface area (Å²) in [5.41, 5.74) is 4.48. The fraction of sp³-hybridized carbons (Fsp3) is 0.200. The molecule has 1 N–H and O–H groups in total. The minimum atomic E-state index is -0.119. The molecule has 4 rings (SSSR count). The minimum absolute atomic E-state index is 0.0719. The molecule has 0 amide bonds. The average Bonchev–Trinajstić information content (AvgIpc) is 3.13. The highest BCUT2D eigenvalue weighted by Gasteiger charge is 2.14. The number of aromatic nitrogens is 2. The number of aryl methyl sites for hydroxylation is 2. The number of thiazole rings is 1. The second-order valence-corrected chi connectivity index (χ2v) is 7.35. The number of phenols is 1. The molecule has 2 heterocycles. The molecule has 0 aliphatic heterocycles. The third-order valence-corrected chi connectivity index (χ3v) is 5.62. The second-order valence-electron chi connectivity index (χ2n) is 6.34. The van der Waals surface area contributed by atoms with Crippen molar-refractivity contribution in [2.75, 3.05) is 14.2 Å². The molecule has 0 unspecified atom stereocenters. The molecule has 0 saturated carbocycles. The lowest BCUT2D eigenvalue weighted by Crippen LogP contribution is -2.22. The first-order valence-corrected chi connectivity index (χ1v) is 9.13. The number of aromatic hydroxyl groups is 1. The van der Waals surface area contributed by atoms with Crippen LogP contribution >= 0.6 is 11.3 Å². The number of benzene rings is 2. The number of imidazole rings is 1. The van der Waals surface area contributed by atoms with E-state index >= 15 is 0 Å². The van der Waals surface area contributed by atoms with Crippen LogP contribution in [-0.4, -0.2) is 28.7 Å². The van der Waals surface area contributed by atoms with Crippen LogP contribution in [0.4, 0.5) is 0 Å². The van der Waals surface area contributed by atoms with Gasteiger partial charge in [-0.3, -0.25) is 4.79 Å². The summed E-state index contributed by atoms with van der Waals surface area (Å²) in [5, 5.41) is 10.0. The summed E-state index contributed by atoms with van der Waals surface area (Å²) in [7, 11) is 2.93. The maximum Gasteiger partial charge on any atom is 0.274 e. The third-order valence-electron chi connectivity index (χ3n) is 4.65. The molecule has 6 nitrogen and oxygen atoms in total. The molecule has 0 atom stereocenters. The number of ether oxygens (including phenoxy) is 2. The smallest absolute Gasteiger partial charge is 0.274 e. The predicted molar refractivity (Wildman–Crippen MR) is 106 cm³/mol. The SMILES string of the molecule is COc1cc(/C=c2/sc3nc4cc(C)c(C)cc4n3c2=O)cc(OC)c1O. The van der Waals surface area contributed by atoms with Gasteiger partial charge in [-0.2, -0.15) is 0 Å². The van der Waals surface area contributed by atoms with E-state index in [4.69, 9.17) is 9.47 Å². The molecule has 2 aromatic heterocycles. The molecule has 0 fully saturated rings. The lowest BCUT2D eigenvalue weighted by Gasteiger charge is -2.09. The summed E-state index contributed by atoms with van der Waals surface area (Å²) in [4.78, 5) is 18.2. The van der Waals surface area contributed by atoms with Gasteiger partial charge in [0.05, 0.1) is 29.8 Å². The van der Waals surface area contributed by atoms with Crippen molar-refractivity contribution in [1.29, 1.82) is 0 Å². The second kappa shape index (κ2) is 6.28. The van der Waals surface area contributed by atoms with E-state index in [9.17, 15) is 9.90 Å². The first-order valence-electron chi connectivity index (χ1n) is 8.32. The molecule has 4 aromatic rings. The summed E-state index contributed by atoms with van der Waals surface area (Å²) in [6, 6.07) is 7.31. The van der Waals surface area contributed by atoms with E-state index in [1.54, 1.807) is 22.6 Å². The van der Waals surface area contributed by atoms with Gasteiger partial charge >= 0.3 is 0 Å². The minimum Gasteiger partial charge on any atom is -0.502 e. The van der Waals surface area contributed by atoms with Gasteiger partial charge in [-0.15, -0.1) is 0 Å². The zero-order valence-corrected chi connectivity index (χ0v) is 16.2. The Morgan fingerprint density at radius 1 is 1.07 bits per heavy atom. The van der Waals surface area contributed by atoms with Gasteiger partial charge in [0.2, 0.25) is 5.75 Å². The van der Waals surface area contributed by atoms with Gasteiger partial charge in [-0.05, 0) is 60.9 Å². The van der Waals surface area contributed by atoms with Crippen molar-refractivity contribution < 1.29 is 14.6 Å². The van der Waals surface area contributed by atoms with Gasteiger partial charge in [0.15, 0.2) is 16.5 Å². The van der Waals surface area contributed by atoms with E-state index in [2.05, 4.69) is 4.98 Å². The van der Waals surface area contributed by atoms with Crippen molar-refractivity contribution in [1.82, 2.24) is 9.38 Å². The van der Waals surface area contributed by atoms with E-state index < -0.39 is 0 Å². The topological polar surface area (TPSA) is 73.1 Å². The van der Waals surface area contributed by atoms with Crippen molar-refractivity contribution in [3.63, 3.8) is 0 Å². The lowest BCUT2D eigenvalue weighted by atomic mass is 10.1. The standard InChI is InChI=1S/C20H18N2O4S/c1-10-5-13-14(6-11(10)2)22-19(24)17(27-20(22)21-13)9-12-7-15(25-3)18(23)16(8-12)26-4/h5-9,23H,1-4H3/b17-9+. The molecule has 0 bridgehead atoms. The Kier molecular flexibility index (Phi) is 4.04. The van der Waals surface area contributed by atoms with Gasteiger partial charge in [0, 0.05) is 0 Å². The molecule has 138 valence electrons. The zero-order chi connectivity index (χ0) is 19.3. The van der Waals surface area contributed by atoms with E-state index in [1.807, 2.05) is 26.0 Å². The van der Waals surface area contributed by atoms with Gasteiger partial charge in [-0.25, -0.2) is 9.38 Å². The van der Waals surface area contributed by atoms with Crippen LogP contribution < -0.4 is 19.6 Å².